The van der Waals surface area contributed by atoms with E-state index in [1.165, 1.54) is 0 Å². The molecule has 66 valence electrons. The Morgan fingerprint density at radius 1 is 1.38 bits per heavy atom. The van der Waals surface area contributed by atoms with Gasteiger partial charge in [-0.3, -0.25) is 0 Å². The van der Waals surface area contributed by atoms with Crippen LogP contribution in [0.15, 0.2) is 29.0 Å². The molecule has 13 heavy (non-hydrogen) atoms. The van der Waals surface area contributed by atoms with Gasteiger partial charge in [-0.05, 0) is 46.1 Å². The van der Waals surface area contributed by atoms with E-state index < -0.39 is 0 Å². The van der Waals surface area contributed by atoms with E-state index in [1.807, 2.05) is 6.07 Å². The summed E-state index contributed by atoms with van der Waals surface area (Å²) < 4.78 is 12.3. The van der Waals surface area contributed by atoms with Crippen molar-refractivity contribution in [1.82, 2.24) is 0 Å². The lowest BCUT2D eigenvalue weighted by molar-refractivity contribution is 0.707. The summed E-state index contributed by atoms with van der Waals surface area (Å²) in [5.74, 6) is 0. The van der Waals surface area contributed by atoms with Gasteiger partial charge in [0.1, 0.15) is 0 Å². The molecule has 0 saturated carbocycles. The SMILES string of the molecule is C/C(=C(/F)Br)c1ccc(C#N)cc1. The van der Waals surface area contributed by atoms with Gasteiger partial charge in [0, 0.05) is 0 Å². The molecule has 0 atom stereocenters. The highest BCUT2D eigenvalue weighted by molar-refractivity contribution is 9.11. The molecule has 0 bridgehead atoms. The molecule has 0 radical (unpaired) electrons. The summed E-state index contributed by atoms with van der Waals surface area (Å²) in [5.41, 5.74) is 1.88. The first-order chi connectivity index (χ1) is 6.15. The van der Waals surface area contributed by atoms with E-state index in [-0.39, 0.29) is 4.74 Å². The molecular weight excluding hydrogens is 233 g/mol. The standard InChI is InChI=1S/C10H7BrFN/c1-7(10(11)12)9-4-2-8(6-13)3-5-9/h2-5H,1H3/b10-7-. The molecule has 1 rings (SSSR count). The van der Waals surface area contributed by atoms with E-state index in [4.69, 9.17) is 5.26 Å². The molecule has 1 nitrogen and oxygen atoms in total. The van der Waals surface area contributed by atoms with Crippen LogP contribution in [0.5, 0.6) is 0 Å². The molecule has 0 aliphatic heterocycles. The summed E-state index contributed by atoms with van der Waals surface area (Å²) in [5, 5.41) is 8.53. The first kappa shape index (κ1) is 9.94. The molecule has 0 fully saturated rings. The molecule has 1 aromatic carbocycles. The topological polar surface area (TPSA) is 23.8 Å². The first-order valence-electron chi connectivity index (χ1n) is 3.67. The molecule has 0 aliphatic carbocycles. The van der Waals surface area contributed by atoms with E-state index in [0.717, 1.165) is 5.56 Å². The van der Waals surface area contributed by atoms with Crippen LogP contribution in [0.3, 0.4) is 0 Å². The Balaban J connectivity index is 3.08. The van der Waals surface area contributed by atoms with Crippen LogP contribution in [0, 0.1) is 11.3 Å². The molecule has 0 aromatic heterocycles. The second kappa shape index (κ2) is 4.20. The Morgan fingerprint density at radius 3 is 2.31 bits per heavy atom. The van der Waals surface area contributed by atoms with Crippen LogP contribution in [-0.2, 0) is 0 Å². The van der Waals surface area contributed by atoms with Crippen molar-refractivity contribution in [1.29, 1.82) is 5.26 Å². The van der Waals surface area contributed by atoms with Crippen LogP contribution in [0.25, 0.3) is 5.57 Å². The molecule has 0 unspecified atom stereocenters. The van der Waals surface area contributed by atoms with E-state index in [1.54, 1.807) is 31.2 Å². The Kier molecular flexibility index (Phi) is 3.21. The Morgan fingerprint density at radius 2 is 1.92 bits per heavy atom. The van der Waals surface area contributed by atoms with Gasteiger partial charge < -0.3 is 0 Å². The van der Waals surface area contributed by atoms with E-state index in [2.05, 4.69) is 15.9 Å². The van der Waals surface area contributed by atoms with Gasteiger partial charge in [0.2, 0.25) is 0 Å². The summed E-state index contributed by atoms with van der Waals surface area (Å²) in [7, 11) is 0. The van der Waals surface area contributed by atoms with Gasteiger partial charge in [0.15, 0.2) is 4.74 Å². The zero-order chi connectivity index (χ0) is 9.84. The monoisotopic (exact) mass is 239 g/mol. The second-order valence-electron chi connectivity index (χ2n) is 2.57. The van der Waals surface area contributed by atoms with Gasteiger partial charge in [-0.1, -0.05) is 12.1 Å². The number of allylic oxidation sites excluding steroid dienone is 1. The third kappa shape index (κ3) is 2.40. The number of nitrogens with zero attached hydrogens (tertiary/aromatic N) is 1. The molecular formula is C10H7BrFN. The minimum atomic E-state index is -0.378. The second-order valence-corrected chi connectivity index (χ2v) is 3.27. The van der Waals surface area contributed by atoms with Crippen molar-refractivity contribution in [3.05, 3.63) is 40.1 Å². The fourth-order valence-electron chi connectivity index (χ4n) is 0.904. The minimum Gasteiger partial charge on any atom is -0.199 e. The van der Waals surface area contributed by atoms with Crippen LogP contribution < -0.4 is 0 Å². The normalized spacial score (nSPS) is 11.8. The van der Waals surface area contributed by atoms with E-state index in [9.17, 15) is 4.39 Å². The summed E-state index contributed by atoms with van der Waals surface area (Å²) in [6, 6.07) is 8.76. The molecule has 0 amide bonds. The minimum absolute atomic E-state index is 0.378. The fourth-order valence-corrected chi connectivity index (χ4v) is 1.13. The van der Waals surface area contributed by atoms with Crippen molar-refractivity contribution in [2.75, 3.05) is 0 Å². The molecule has 0 saturated heterocycles. The highest BCUT2D eigenvalue weighted by atomic mass is 79.9. The van der Waals surface area contributed by atoms with Crippen LogP contribution in [0.1, 0.15) is 18.1 Å². The van der Waals surface area contributed by atoms with Crippen molar-refractivity contribution in [3.63, 3.8) is 0 Å². The van der Waals surface area contributed by atoms with Crippen molar-refractivity contribution in [2.24, 2.45) is 0 Å². The summed E-state index contributed by atoms with van der Waals surface area (Å²) in [6.45, 7) is 1.67. The number of nitriles is 1. The Labute approximate surface area is 84.6 Å². The van der Waals surface area contributed by atoms with Crippen molar-refractivity contribution in [2.45, 2.75) is 6.92 Å². The van der Waals surface area contributed by atoms with Crippen molar-refractivity contribution in [3.8, 4) is 6.07 Å². The van der Waals surface area contributed by atoms with Gasteiger partial charge in [0.05, 0.1) is 11.6 Å². The number of hydrogen-bond donors (Lipinski definition) is 0. The maximum Gasteiger partial charge on any atom is 0.169 e. The average Bonchev–Trinajstić information content (AvgIpc) is 2.17. The zero-order valence-electron chi connectivity index (χ0n) is 7.01. The Hall–Kier alpha value is -1.14. The third-order valence-electron chi connectivity index (χ3n) is 1.73. The third-order valence-corrected chi connectivity index (χ3v) is 2.33. The lowest BCUT2D eigenvalue weighted by Gasteiger charge is -1.99. The Bertz CT molecular complexity index is 369. The predicted molar refractivity (Wildman–Crippen MR) is 53.8 cm³/mol. The largest absolute Gasteiger partial charge is 0.199 e. The van der Waals surface area contributed by atoms with Crippen LogP contribution in [-0.4, -0.2) is 0 Å². The summed E-state index contributed by atoms with van der Waals surface area (Å²) in [4.78, 5) is 0. The zero-order valence-corrected chi connectivity index (χ0v) is 8.60. The number of rotatable bonds is 1. The van der Waals surface area contributed by atoms with Crippen molar-refractivity contribution >= 4 is 21.5 Å². The molecule has 0 spiro atoms. The summed E-state index contributed by atoms with van der Waals surface area (Å²) >= 11 is 2.76. The molecule has 0 heterocycles. The quantitative estimate of drug-likeness (QED) is 0.735. The maximum absolute atomic E-state index is 12.7. The summed E-state index contributed by atoms with van der Waals surface area (Å²) in [6.07, 6.45) is 0. The van der Waals surface area contributed by atoms with E-state index >= 15 is 0 Å². The van der Waals surface area contributed by atoms with Crippen LogP contribution >= 0.6 is 15.9 Å². The fraction of sp³-hybridized carbons (Fsp3) is 0.100. The number of benzene rings is 1. The van der Waals surface area contributed by atoms with Crippen LogP contribution in [0.4, 0.5) is 4.39 Å². The predicted octanol–water partition coefficient (Wildman–Crippen LogP) is 3.61. The maximum atomic E-state index is 12.7. The molecule has 3 heteroatoms. The average molecular weight is 240 g/mol. The van der Waals surface area contributed by atoms with Crippen molar-refractivity contribution < 1.29 is 4.39 Å². The van der Waals surface area contributed by atoms with Crippen LogP contribution in [0.2, 0.25) is 0 Å². The molecule has 1 aromatic rings. The number of hydrogen-bond acceptors (Lipinski definition) is 1. The highest BCUT2D eigenvalue weighted by Gasteiger charge is 2.00. The smallest absolute Gasteiger partial charge is 0.169 e. The van der Waals surface area contributed by atoms with E-state index in [0.29, 0.717) is 11.1 Å². The molecule has 0 N–H and O–H groups in total. The first-order valence-corrected chi connectivity index (χ1v) is 4.47. The number of halogens is 2. The van der Waals surface area contributed by atoms with Gasteiger partial charge in [-0.15, -0.1) is 0 Å². The lowest BCUT2D eigenvalue weighted by atomic mass is 10.1. The highest BCUT2D eigenvalue weighted by Crippen LogP contribution is 2.23. The lowest BCUT2D eigenvalue weighted by Crippen LogP contribution is -1.81. The molecule has 0 aliphatic rings. The van der Waals surface area contributed by atoms with Gasteiger partial charge >= 0.3 is 0 Å². The van der Waals surface area contributed by atoms with Gasteiger partial charge in [-0.2, -0.15) is 9.65 Å². The van der Waals surface area contributed by atoms with Gasteiger partial charge in [-0.25, -0.2) is 0 Å². The van der Waals surface area contributed by atoms with Gasteiger partial charge in [0.25, 0.3) is 0 Å².